The van der Waals surface area contributed by atoms with Gasteiger partial charge in [-0.25, -0.2) is 15.1 Å². The zero-order chi connectivity index (χ0) is 31.5. The number of thiophene rings is 1. The average molecular weight is 622 g/mol. The summed E-state index contributed by atoms with van der Waals surface area (Å²) >= 11 is 1.46. The first-order valence-corrected chi connectivity index (χ1v) is 16.5. The number of fused-ring (bicyclic) bond motifs is 1. The first-order valence-electron chi connectivity index (χ1n) is 15.6. The molecule has 0 radical (unpaired) electrons. The van der Waals surface area contributed by atoms with Crippen LogP contribution >= 0.6 is 11.3 Å². The van der Waals surface area contributed by atoms with Gasteiger partial charge < -0.3 is 20.1 Å². The van der Waals surface area contributed by atoms with Gasteiger partial charge in [-0.05, 0) is 99.0 Å². The number of rotatable bonds is 16. The summed E-state index contributed by atoms with van der Waals surface area (Å²) in [7, 11) is 0. The molecule has 2 atom stereocenters. The number of ether oxygens (including phenoxy) is 2. The van der Waals surface area contributed by atoms with Gasteiger partial charge in [-0.15, -0.1) is 11.3 Å². The second-order valence-corrected chi connectivity index (χ2v) is 13.3. The van der Waals surface area contributed by atoms with Gasteiger partial charge in [0.1, 0.15) is 6.04 Å². The Hall–Kier alpha value is -3.08. The fourth-order valence-electron chi connectivity index (χ4n) is 5.40. The molecule has 0 saturated heterocycles. The number of hydrogen-bond acceptors (Lipinski definition) is 8. The highest BCUT2D eigenvalue weighted by Crippen LogP contribution is 2.30. The van der Waals surface area contributed by atoms with Crippen LogP contribution in [0.15, 0.2) is 66.9 Å². The second kappa shape index (κ2) is 16.8. The largest absolute Gasteiger partial charge is 0.431 e. The number of carbonyl (C=O) groups excluding carboxylic acids is 2. The fraction of sp³-hybridized carbons (Fsp3) is 0.486. The molecular formula is C35H47N3O5S. The van der Waals surface area contributed by atoms with Crippen LogP contribution in [0.25, 0.3) is 10.1 Å². The first kappa shape index (κ1) is 33.8. The Bertz CT molecular complexity index is 1370. The molecule has 9 heteroatoms. The maximum Gasteiger partial charge on any atom is 0.332 e. The van der Waals surface area contributed by atoms with E-state index in [9.17, 15) is 9.59 Å². The number of nitrogens with one attached hydrogen (secondary N) is 3. The Kier molecular flexibility index (Phi) is 12.9. The van der Waals surface area contributed by atoms with E-state index >= 15 is 0 Å². The molecule has 1 aliphatic rings. The number of hydroxylamine groups is 1. The highest BCUT2D eigenvalue weighted by atomic mass is 32.1. The van der Waals surface area contributed by atoms with E-state index in [-0.39, 0.29) is 11.9 Å². The highest BCUT2D eigenvalue weighted by Gasteiger charge is 2.26. The number of benzene rings is 2. The topological polar surface area (TPSA) is 97.9 Å². The fourth-order valence-corrected chi connectivity index (χ4v) is 6.42. The van der Waals surface area contributed by atoms with Crippen molar-refractivity contribution in [1.29, 1.82) is 0 Å². The monoisotopic (exact) mass is 621 g/mol. The molecule has 0 bridgehead atoms. The van der Waals surface area contributed by atoms with Crippen LogP contribution in [0.2, 0.25) is 0 Å². The molecule has 1 heterocycles. The van der Waals surface area contributed by atoms with Crippen molar-refractivity contribution in [3.63, 3.8) is 0 Å². The van der Waals surface area contributed by atoms with Crippen LogP contribution in [0.4, 0.5) is 0 Å². The Morgan fingerprint density at radius 2 is 1.68 bits per heavy atom. The molecule has 1 saturated carbocycles. The van der Waals surface area contributed by atoms with E-state index in [0.29, 0.717) is 35.0 Å². The van der Waals surface area contributed by atoms with Gasteiger partial charge in [0.25, 0.3) is 5.91 Å². The predicted octanol–water partition coefficient (Wildman–Crippen LogP) is 6.89. The Morgan fingerprint density at radius 1 is 0.977 bits per heavy atom. The lowest BCUT2D eigenvalue weighted by atomic mass is 9.81. The first-order chi connectivity index (χ1) is 21.2. The van der Waals surface area contributed by atoms with E-state index in [0.717, 1.165) is 61.0 Å². The quantitative estimate of drug-likeness (QED) is 0.0694. The molecule has 1 aliphatic carbocycles. The van der Waals surface area contributed by atoms with Crippen molar-refractivity contribution in [3.8, 4) is 0 Å². The molecule has 1 amide bonds. The molecule has 2 aromatic carbocycles. The summed E-state index contributed by atoms with van der Waals surface area (Å²) in [5.41, 5.74) is 4.62. The lowest BCUT2D eigenvalue weighted by molar-refractivity contribution is -0.163. The highest BCUT2D eigenvalue weighted by molar-refractivity contribution is 7.20. The summed E-state index contributed by atoms with van der Waals surface area (Å²) < 4.78 is 12.0. The van der Waals surface area contributed by atoms with Crippen LogP contribution in [0, 0.1) is 17.8 Å². The second-order valence-electron chi connectivity index (χ2n) is 12.2. The maximum absolute atomic E-state index is 12.7. The van der Waals surface area contributed by atoms with Gasteiger partial charge in [-0.3, -0.25) is 4.79 Å². The van der Waals surface area contributed by atoms with E-state index in [1.807, 2.05) is 36.4 Å². The minimum absolute atomic E-state index is 0.265. The van der Waals surface area contributed by atoms with E-state index in [1.165, 1.54) is 16.9 Å². The van der Waals surface area contributed by atoms with Crippen molar-refractivity contribution in [2.45, 2.75) is 72.3 Å². The SMILES string of the molecule is C=C(C)OC(=O)[C@@H](NCC1CCC(CNCc2ccc3cc(C(=O)NOC(C)OCC(C)C)sc3c2)CC1)c1ccccc1. The maximum atomic E-state index is 12.7. The third-order valence-electron chi connectivity index (χ3n) is 7.77. The zero-order valence-corrected chi connectivity index (χ0v) is 27.2. The summed E-state index contributed by atoms with van der Waals surface area (Å²) in [4.78, 5) is 31.3. The molecule has 0 aliphatic heterocycles. The van der Waals surface area contributed by atoms with Gasteiger partial charge >= 0.3 is 5.97 Å². The van der Waals surface area contributed by atoms with Crippen LogP contribution in [0.5, 0.6) is 0 Å². The minimum Gasteiger partial charge on any atom is -0.431 e. The van der Waals surface area contributed by atoms with Crippen LogP contribution in [0.3, 0.4) is 0 Å². The van der Waals surface area contributed by atoms with Crippen molar-refractivity contribution < 1.29 is 23.9 Å². The van der Waals surface area contributed by atoms with Gasteiger partial charge in [-0.1, -0.05) is 62.9 Å². The van der Waals surface area contributed by atoms with Crippen LogP contribution in [-0.4, -0.2) is 37.9 Å². The number of amides is 1. The number of carbonyl (C=O) groups is 2. The molecular weight excluding hydrogens is 574 g/mol. The third kappa shape index (κ3) is 10.5. The van der Waals surface area contributed by atoms with E-state index < -0.39 is 12.3 Å². The van der Waals surface area contributed by atoms with Crippen molar-refractivity contribution in [3.05, 3.63) is 82.9 Å². The molecule has 238 valence electrons. The smallest absolute Gasteiger partial charge is 0.332 e. The summed E-state index contributed by atoms with van der Waals surface area (Å²) in [6.45, 7) is 14.4. The average Bonchev–Trinajstić information content (AvgIpc) is 3.43. The Labute approximate surface area is 265 Å². The van der Waals surface area contributed by atoms with Gasteiger partial charge in [0.05, 0.1) is 17.2 Å². The molecule has 3 N–H and O–H groups in total. The summed E-state index contributed by atoms with van der Waals surface area (Å²) in [6, 6.07) is 17.5. The normalized spacial score (nSPS) is 18.2. The Morgan fingerprint density at radius 3 is 2.36 bits per heavy atom. The van der Waals surface area contributed by atoms with Crippen molar-refractivity contribution in [2.24, 2.45) is 17.8 Å². The number of allylic oxidation sites excluding steroid dienone is 1. The lowest BCUT2D eigenvalue weighted by Crippen LogP contribution is -2.35. The molecule has 0 spiro atoms. The van der Waals surface area contributed by atoms with E-state index in [2.05, 4.69) is 54.7 Å². The van der Waals surface area contributed by atoms with Gasteiger partial charge in [-0.2, -0.15) is 0 Å². The molecule has 44 heavy (non-hydrogen) atoms. The summed E-state index contributed by atoms with van der Waals surface area (Å²) in [5.74, 6) is 1.39. The number of hydrogen-bond donors (Lipinski definition) is 3. The van der Waals surface area contributed by atoms with E-state index in [4.69, 9.17) is 14.3 Å². The molecule has 4 rings (SSSR count). The zero-order valence-electron chi connectivity index (χ0n) is 26.4. The molecule has 1 fully saturated rings. The van der Waals surface area contributed by atoms with Crippen LogP contribution in [0.1, 0.15) is 80.2 Å². The molecule has 3 aromatic rings. The van der Waals surface area contributed by atoms with Gasteiger partial charge in [0, 0.05) is 11.2 Å². The predicted molar refractivity (Wildman–Crippen MR) is 176 cm³/mol. The summed E-state index contributed by atoms with van der Waals surface area (Å²) in [5, 5.41) is 8.15. The van der Waals surface area contributed by atoms with E-state index in [1.54, 1.807) is 13.8 Å². The van der Waals surface area contributed by atoms with Crippen molar-refractivity contribution >= 4 is 33.3 Å². The third-order valence-corrected chi connectivity index (χ3v) is 8.87. The van der Waals surface area contributed by atoms with Crippen molar-refractivity contribution in [1.82, 2.24) is 16.1 Å². The molecule has 1 aromatic heterocycles. The molecule has 1 unspecified atom stereocenters. The van der Waals surface area contributed by atoms with Gasteiger partial charge in [0.2, 0.25) is 0 Å². The summed E-state index contributed by atoms with van der Waals surface area (Å²) in [6.07, 6.45) is 4.09. The number of esters is 1. The Balaban J connectivity index is 1.18. The lowest BCUT2D eigenvalue weighted by Gasteiger charge is -2.30. The standard InChI is InChI=1S/C35H47N3O5S/c1-23(2)22-41-25(5)43-38-34(39)32-18-30-16-15-28(17-31(30)44-32)20-36-19-26-11-13-27(14-12-26)21-37-33(35(40)42-24(3)4)29-9-7-6-8-10-29/h6-10,15-18,23,25-27,33,36-37H,3,11-14,19-22H2,1-2,4-5H3,(H,38,39)/t25?,26?,27?,33-/m0/s1. The minimum atomic E-state index is -0.510. The van der Waals surface area contributed by atoms with Crippen LogP contribution < -0.4 is 16.1 Å². The molecule has 8 nitrogen and oxygen atoms in total. The van der Waals surface area contributed by atoms with Crippen LogP contribution in [-0.2, 0) is 25.7 Å². The van der Waals surface area contributed by atoms with Gasteiger partial charge in [0.15, 0.2) is 6.29 Å². The van der Waals surface area contributed by atoms with Crippen molar-refractivity contribution in [2.75, 3.05) is 19.7 Å².